The minimum Gasteiger partial charge on any atom is -0.481 e. The van der Waals surface area contributed by atoms with E-state index >= 15 is 0 Å². The van der Waals surface area contributed by atoms with Gasteiger partial charge in [-0.05, 0) is 36.1 Å². The number of hydrogen-bond donors (Lipinski definition) is 2. The van der Waals surface area contributed by atoms with E-state index in [0.717, 1.165) is 4.88 Å². The predicted octanol–water partition coefficient (Wildman–Crippen LogP) is 3.32. The summed E-state index contributed by atoms with van der Waals surface area (Å²) in [6.07, 6.45) is -0.255. The maximum absolute atomic E-state index is 13.0. The Morgan fingerprint density at radius 2 is 1.95 bits per heavy atom. The summed E-state index contributed by atoms with van der Waals surface area (Å²) in [6.45, 7) is 1.77. The Balaban J connectivity index is 2.14. The van der Waals surface area contributed by atoms with Crippen molar-refractivity contribution in [2.24, 2.45) is 0 Å². The first-order valence-corrected chi connectivity index (χ1v) is 7.66. The number of carboxylic acid groups (broad SMARTS) is 1. The van der Waals surface area contributed by atoms with Gasteiger partial charge >= 0.3 is 5.97 Å². The lowest BCUT2D eigenvalue weighted by Crippen LogP contribution is -2.33. The molecule has 0 aliphatic carbocycles. The zero-order valence-corrected chi connectivity index (χ0v) is 12.8. The first-order valence-electron chi connectivity index (χ1n) is 6.78. The van der Waals surface area contributed by atoms with Crippen LogP contribution < -0.4 is 5.32 Å². The Kier molecular flexibility index (Phi) is 5.27. The maximum Gasteiger partial charge on any atom is 0.305 e. The van der Waals surface area contributed by atoms with E-state index in [2.05, 4.69) is 5.32 Å². The van der Waals surface area contributed by atoms with Gasteiger partial charge in [-0.3, -0.25) is 9.59 Å². The highest BCUT2D eigenvalue weighted by Crippen LogP contribution is 2.23. The molecule has 2 atom stereocenters. The standard InChI is InChI=1S/C16H16FNO3S/c1-10(14-3-2-8-22-14)16(21)18-13(9-15(19)20)11-4-6-12(17)7-5-11/h2-8,10,13H,9H2,1H3,(H,18,21)(H,19,20)/t10-,13+/m0/s1. The van der Waals surface area contributed by atoms with Gasteiger partial charge in [-0.2, -0.15) is 0 Å². The third-order valence-corrected chi connectivity index (χ3v) is 4.39. The molecule has 2 N–H and O–H groups in total. The molecule has 0 fully saturated rings. The molecule has 1 aromatic carbocycles. The lowest BCUT2D eigenvalue weighted by Gasteiger charge is -2.20. The molecule has 0 aliphatic rings. The van der Waals surface area contributed by atoms with Gasteiger partial charge in [-0.1, -0.05) is 18.2 Å². The molecule has 4 nitrogen and oxygen atoms in total. The van der Waals surface area contributed by atoms with Crippen LogP contribution in [0.1, 0.15) is 35.7 Å². The highest BCUT2D eigenvalue weighted by Gasteiger charge is 2.22. The van der Waals surface area contributed by atoms with Crippen molar-refractivity contribution in [3.05, 3.63) is 58.0 Å². The number of aliphatic carboxylic acids is 1. The number of benzene rings is 1. The number of rotatable bonds is 6. The second kappa shape index (κ2) is 7.17. The normalized spacial score (nSPS) is 13.4. The maximum atomic E-state index is 13.0. The second-order valence-corrected chi connectivity index (χ2v) is 5.93. The van der Waals surface area contributed by atoms with Gasteiger partial charge in [0.05, 0.1) is 18.4 Å². The number of thiophene rings is 1. The Morgan fingerprint density at radius 3 is 2.50 bits per heavy atom. The molecule has 0 bridgehead atoms. The van der Waals surface area contributed by atoms with Crippen LogP contribution in [-0.2, 0) is 9.59 Å². The Bertz CT molecular complexity index is 640. The molecule has 0 saturated carbocycles. The van der Waals surface area contributed by atoms with E-state index in [1.54, 1.807) is 6.92 Å². The van der Waals surface area contributed by atoms with E-state index in [-0.39, 0.29) is 18.2 Å². The molecule has 0 aliphatic heterocycles. The van der Waals surface area contributed by atoms with Crippen molar-refractivity contribution in [1.29, 1.82) is 0 Å². The zero-order chi connectivity index (χ0) is 16.1. The molecule has 116 valence electrons. The van der Waals surface area contributed by atoms with E-state index < -0.39 is 17.8 Å². The number of nitrogens with one attached hydrogen (secondary N) is 1. The lowest BCUT2D eigenvalue weighted by molar-refractivity contribution is -0.137. The van der Waals surface area contributed by atoms with Gasteiger partial charge in [0.25, 0.3) is 0 Å². The fourth-order valence-electron chi connectivity index (χ4n) is 2.09. The fraction of sp³-hybridized carbons (Fsp3) is 0.250. The average Bonchev–Trinajstić information content (AvgIpc) is 3.00. The molecule has 0 radical (unpaired) electrons. The van der Waals surface area contributed by atoms with Crippen LogP contribution in [0.2, 0.25) is 0 Å². The van der Waals surface area contributed by atoms with Crippen molar-refractivity contribution >= 4 is 23.2 Å². The Hall–Kier alpha value is -2.21. The summed E-state index contributed by atoms with van der Waals surface area (Å²) < 4.78 is 13.0. The van der Waals surface area contributed by atoms with Crippen LogP contribution >= 0.6 is 11.3 Å². The molecule has 2 rings (SSSR count). The highest BCUT2D eigenvalue weighted by molar-refractivity contribution is 7.10. The van der Waals surface area contributed by atoms with Crippen molar-refractivity contribution in [2.45, 2.75) is 25.3 Å². The molecule has 1 heterocycles. The third-order valence-electron chi connectivity index (χ3n) is 3.33. The third kappa shape index (κ3) is 4.14. The molecule has 6 heteroatoms. The minimum atomic E-state index is -1.03. The van der Waals surface area contributed by atoms with Gasteiger partial charge in [0.15, 0.2) is 0 Å². The Morgan fingerprint density at radius 1 is 1.27 bits per heavy atom. The summed E-state index contributed by atoms with van der Waals surface area (Å²) >= 11 is 1.47. The van der Waals surface area contributed by atoms with E-state index in [1.165, 1.54) is 35.6 Å². The van der Waals surface area contributed by atoms with Crippen LogP contribution in [0.4, 0.5) is 4.39 Å². The largest absolute Gasteiger partial charge is 0.481 e. The first-order chi connectivity index (χ1) is 10.5. The van der Waals surface area contributed by atoms with Crippen molar-refractivity contribution in [2.75, 3.05) is 0 Å². The number of halogens is 1. The number of hydrogen-bond acceptors (Lipinski definition) is 3. The molecule has 1 amide bonds. The molecule has 2 aromatic rings. The number of carboxylic acids is 1. The van der Waals surface area contributed by atoms with Crippen molar-refractivity contribution in [1.82, 2.24) is 5.32 Å². The smallest absolute Gasteiger partial charge is 0.305 e. The summed E-state index contributed by atoms with van der Waals surface area (Å²) in [5, 5.41) is 13.6. The van der Waals surface area contributed by atoms with Crippen molar-refractivity contribution in [3.63, 3.8) is 0 Å². The van der Waals surface area contributed by atoms with Crippen LogP contribution in [0.3, 0.4) is 0 Å². The minimum absolute atomic E-state index is 0.252. The van der Waals surface area contributed by atoms with Gasteiger partial charge in [0.1, 0.15) is 5.82 Å². The van der Waals surface area contributed by atoms with Crippen LogP contribution in [0.5, 0.6) is 0 Å². The van der Waals surface area contributed by atoms with E-state index in [1.807, 2.05) is 17.5 Å². The van der Waals surface area contributed by atoms with E-state index in [0.29, 0.717) is 5.56 Å². The number of carbonyl (C=O) groups excluding carboxylic acids is 1. The summed E-state index contributed by atoms with van der Waals surface area (Å²) in [6, 6.07) is 8.50. The Labute approximate surface area is 131 Å². The van der Waals surface area contributed by atoms with Gasteiger partial charge in [0.2, 0.25) is 5.91 Å². The van der Waals surface area contributed by atoms with Crippen LogP contribution in [0, 0.1) is 5.82 Å². The molecule has 0 saturated heterocycles. The highest BCUT2D eigenvalue weighted by atomic mass is 32.1. The van der Waals surface area contributed by atoms with E-state index in [4.69, 9.17) is 5.11 Å². The van der Waals surface area contributed by atoms with Crippen LogP contribution in [0.25, 0.3) is 0 Å². The number of carbonyl (C=O) groups is 2. The molecular weight excluding hydrogens is 305 g/mol. The second-order valence-electron chi connectivity index (χ2n) is 4.95. The summed E-state index contributed by atoms with van der Waals surface area (Å²) in [5.74, 6) is -2.05. The summed E-state index contributed by atoms with van der Waals surface area (Å²) in [7, 11) is 0. The summed E-state index contributed by atoms with van der Waals surface area (Å²) in [4.78, 5) is 24.2. The van der Waals surface area contributed by atoms with E-state index in [9.17, 15) is 14.0 Å². The molecule has 22 heavy (non-hydrogen) atoms. The monoisotopic (exact) mass is 321 g/mol. The molecule has 1 aromatic heterocycles. The first kappa shape index (κ1) is 16.2. The molecule has 0 spiro atoms. The van der Waals surface area contributed by atoms with Gasteiger partial charge in [-0.15, -0.1) is 11.3 Å². The topological polar surface area (TPSA) is 66.4 Å². The SMILES string of the molecule is C[C@H](C(=O)N[C@H](CC(=O)O)c1ccc(F)cc1)c1cccs1. The molecular formula is C16H16FNO3S. The van der Waals surface area contributed by atoms with Crippen molar-refractivity contribution in [3.8, 4) is 0 Å². The van der Waals surface area contributed by atoms with Crippen LogP contribution in [-0.4, -0.2) is 17.0 Å². The van der Waals surface area contributed by atoms with Gasteiger partial charge in [0, 0.05) is 4.88 Å². The zero-order valence-electron chi connectivity index (χ0n) is 12.0. The fourth-order valence-corrected chi connectivity index (χ4v) is 2.87. The average molecular weight is 321 g/mol. The van der Waals surface area contributed by atoms with Crippen LogP contribution in [0.15, 0.2) is 41.8 Å². The lowest BCUT2D eigenvalue weighted by atomic mass is 10.0. The van der Waals surface area contributed by atoms with Gasteiger partial charge in [-0.25, -0.2) is 4.39 Å². The number of amides is 1. The predicted molar refractivity (Wildman–Crippen MR) is 82.3 cm³/mol. The van der Waals surface area contributed by atoms with Gasteiger partial charge < -0.3 is 10.4 Å². The van der Waals surface area contributed by atoms with Crippen molar-refractivity contribution < 1.29 is 19.1 Å². The quantitative estimate of drug-likeness (QED) is 0.857. The summed E-state index contributed by atoms with van der Waals surface area (Å²) in [5.41, 5.74) is 0.565. The molecule has 0 unspecified atom stereocenters.